The van der Waals surface area contributed by atoms with E-state index in [9.17, 15) is 9.59 Å². The lowest BCUT2D eigenvalue weighted by Crippen LogP contribution is -2.36. The molecule has 1 aliphatic heterocycles. The average molecular weight is 233 g/mol. The quantitative estimate of drug-likeness (QED) is 0.768. The SMILES string of the molecule is CN1C(=O)CCN1c1ccccc1C(=O)CN. The molecule has 5 nitrogen and oxygen atoms in total. The Bertz CT molecular complexity index is 459. The molecule has 1 fully saturated rings. The molecule has 0 bridgehead atoms. The van der Waals surface area contributed by atoms with Gasteiger partial charge in [-0.25, -0.2) is 0 Å². The van der Waals surface area contributed by atoms with Crippen molar-refractivity contribution in [3.05, 3.63) is 29.8 Å². The number of rotatable bonds is 3. The van der Waals surface area contributed by atoms with Gasteiger partial charge in [0.05, 0.1) is 12.2 Å². The zero-order valence-electron chi connectivity index (χ0n) is 9.72. The number of nitrogens with zero attached hydrogens (tertiary/aromatic N) is 2. The van der Waals surface area contributed by atoms with Gasteiger partial charge in [-0.15, -0.1) is 0 Å². The van der Waals surface area contributed by atoms with E-state index in [2.05, 4.69) is 0 Å². The zero-order chi connectivity index (χ0) is 12.4. The summed E-state index contributed by atoms with van der Waals surface area (Å²) >= 11 is 0. The molecular formula is C12H15N3O2. The third-order valence-electron chi connectivity index (χ3n) is 2.93. The first-order chi connectivity index (χ1) is 8.15. The molecule has 1 heterocycles. The number of hydrogen-bond donors (Lipinski definition) is 1. The Hall–Kier alpha value is -1.88. The second kappa shape index (κ2) is 4.55. The highest BCUT2D eigenvalue weighted by Crippen LogP contribution is 2.25. The van der Waals surface area contributed by atoms with Crippen LogP contribution in [0.25, 0.3) is 0 Å². The summed E-state index contributed by atoms with van der Waals surface area (Å²) < 4.78 is 0. The molecule has 5 heteroatoms. The van der Waals surface area contributed by atoms with Gasteiger partial charge in [-0.05, 0) is 12.1 Å². The van der Waals surface area contributed by atoms with Crippen LogP contribution in [0, 0.1) is 0 Å². The molecule has 2 rings (SSSR count). The van der Waals surface area contributed by atoms with E-state index in [1.807, 2.05) is 17.1 Å². The van der Waals surface area contributed by atoms with E-state index in [1.165, 1.54) is 0 Å². The molecule has 0 saturated carbocycles. The van der Waals surface area contributed by atoms with Gasteiger partial charge in [0.1, 0.15) is 0 Å². The number of hydrogen-bond acceptors (Lipinski definition) is 4. The van der Waals surface area contributed by atoms with Crippen LogP contribution in [0.5, 0.6) is 0 Å². The summed E-state index contributed by atoms with van der Waals surface area (Å²) in [6.07, 6.45) is 0.474. The molecule has 0 atom stereocenters. The number of nitrogens with two attached hydrogens (primary N) is 1. The summed E-state index contributed by atoms with van der Waals surface area (Å²) in [6.45, 7) is 0.576. The van der Waals surface area contributed by atoms with E-state index in [1.54, 1.807) is 24.2 Å². The predicted molar refractivity (Wildman–Crippen MR) is 64.6 cm³/mol. The molecule has 1 aromatic carbocycles. The van der Waals surface area contributed by atoms with Crippen molar-refractivity contribution < 1.29 is 9.59 Å². The fraction of sp³-hybridized carbons (Fsp3) is 0.333. The second-order valence-corrected chi connectivity index (χ2v) is 3.93. The van der Waals surface area contributed by atoms with Crippen LogP contribution in [-0.2, 0) is 4.79 Å². The number of Topliss-reactive ketones (excluding diaryl/α,β-unsaturated/α-hetero) is 1. The minimum atomic E-state index is -0.117. The van der Waals surface area contributed by atoms with Gasteiger partial charge in [-0.1, -0.05) is 12.1 Å². The van der Waals surface area contributed by atoms with E-state index in [0.717, 1.165) is 5.69 Å². The maximum atomic E-state index is 11.7. The minimum Gasteiger partial charge on any atom is -0.324 e. The number of ketones is 1. The molecule has 0 aromatic heterocycles. The first-order valence-electron chi connectivity index (χ1n) is 5.51. The van der Waals surface area contributed by atoms with Gasteiger partial charge in [0.25, 0.3) is 0 Å². The van der Waals surface area contributed by atoms with Gasteiger partial charge < -0.3 is 5.73 Å². The monoisotopic (exact) mass is 233 g/mol. The highest BCUT2D eigenvalue weighted by Gasteiger charge is 2.27. The largest absolute Gasteiger partial charge is 0.324 e. The van der Waals surface area contributed by atoms with Gasteiger partial charge in [0.15, 0.2) is 5.78 Å². The molecule has 1 aromatic rings. The number of amides is 1. The van der Waals surface area contributed by atoms with Crippen molar-refractivity contribution in [2.45, 2.75) is 6.42 Å². The molecule has 90 valence electrons. The van der Waals surface area contributed by atoms with Gasteiger partial charge in [0.2, 0.25) is 5.91 Å². The van der Waals surface area contributed by atoms with E-state index >= 15 is 0 Å². The zero-order valence-corrected chi connectivity index (χ0v) is 9.72. The topological polar surface area (TPSA) is 66.6 Å². The maximum absolute atomic E-state index is 11.7. The molecule has 17 heavy (non-hydrogen) atoms. The van der Waals surface area contributed by atoms with Crippen molar-refractivity contribution in [2.24, 2.45) is 5.73 Å². The Balaban J connectivity index is 2.39. The summed E-state index contributed by atoms with van der Waals surface area (Å²) in [5.41, 5.74) is 6.70. The lowest BCUT2D eigenvalue weighted by atomic mass is 10.1. The molecule has 0 radical (unpaired) electrons. The Morgan fingerprint density at radius 1 is 1.41 bits per heavy atom. The van der Waals surface area contributed by atoms with Gasteiger partial charge >= 0.3 is 0 Å². The van der Waals surface area contributed by atoms with Crippen LogP contribution in [-0.4, -0.2) is 36.8 Å². The van der Waals surface area contributed by atoms with Crippen LogP contribution in [0.2, 0.25) is 0 Å². The Labute approximate surface area is 99.8 Å². The van der Waals surface area contributed by atoms with Crippen molar-refractivity contribution in [1.82, 2.24) is 5.01 Å². The van der Waals surface area contributed by atoms with E-state index in [0.29, 0.717) is 18.5 Å². The summed E-state index contributed by atoms with van der Waals surface area (Å²) in [4.78, 5) is 23.2. The molecular weight excluding hydrogens is 218 g/mol. The van der Waals surface area contributed by atoms with E-state index in [-0.39, 0.29) is 18.2 Å². The summed E-state index contributed by atoms with van der Waals surface area (Å²) in [5.74, 6) is -0.0617. The fourth-order valence-corrected chi connectivity index (χ4v) is 1.97. The van der Waals surface area contributed by atoms with Crippen LogP contribution >= 0.6 is 0 Å². The average Bonchev–Trinajstić information content (AvgIpc) is 2.69. The van der Waals surface area contributed by atoms with Crippen molar-refractivity contribution in [3.8, 4) is 0 Å². The summed E-state index contributed by atoms with van der Waals surface area (Å²) in [5, 5.41) is 3.36. The standard InChI is InChI=1S/C12H15N3O2/c1-14-12(17)6-7-15(14)10-5-3-2-4-9(10)11(16)8-13/h2-5H,6-8,13H2,1H3. The third kappa shape index (κ3) is 2.01. The number of anilines is 1. The molecule has 1 aliphatic rings. The number of benzene rings is 1. The summed E-state index contributed by atoms with van der Waals surface area (Å²) in [6, 6.07) is 7.21. The van der Waals surface area contributed by atoms with Gasteiger partial charge in [-0.3, -0.25) is 19.6 Å². The lowest BCUT2D eigenvalue weighted by molar-refractivity contribution is -0.126. The lowest BCUT2D eigenvalue weighted by Gasteiger charge is -2.27. The van der Waals surface area contributed by atoms with Crippen molar-refractivity contribution in [1.29, 1.82) is 0 Å². The van der Waals surface area contributed by atoms with Crippen molar-refractivity contribution in [2.75, 3.05) is 25.1 Å². The first-order valence-corrected chi connectivity index (χ1v) is 5.51. The van der Waals surface area contributed by atoms with Crippen molar-refractivity contribution >= 4 is 17.4 Å². The van der Waals surface area contributed by atoms with Crippen LogP contribution < -0.4 is 10.7 Å². The molecule has 0 spiro atoms. The first kappa shape index (κ1) is 11.6. The molecule has 1 amide bonds. The number of carbonyl (C=O) groups is 2. The van der Waals surface area contributed by atoms with Crippen molar-refractivity contribution in [3.63, 3.8) is 0 Å². The number of para-hydroxylation sites is 1. The molecule has 1 saturated heterocycles. The van der Waals surface area contributed by atoms with E-state index in [4.69, 9.17) is 5.73 Å². The van der Waals surface area contributed by atoms with Gasteiger partial charge in [-0.2, -0.15) is 0 Å². The molecule has 0 aliphatic carbocycles. The smallest absolute Gasteiger partial charge is 0.242 e. The Kier molecular flexibility index (Phi) is 3.10. The third-order valence-corrected chi connectivity index (χ3v) is 2.93. The molecule has 0 unspecified atom stereocenters. The van der Waals surface area contributed by atoms with Gasteiger partial charge in [0, 0.05) is 25.6 Å². The number of hydrazine groups is 1. The predicted octanol–water partition coefficient (Wildman–Crippen LogP) is 0.412. The Morgan fingerprint density at radius 3 is 2.71 bits per heavy atom. The van der Waals surface area contributed by atoms with Crippen LogP contribution in [0.4, 0.5) is 5.69 Å². The normalized spacial score (nSPS) is 15.5. The second-order valence-electron chi connectivity index (χ2n) is 3.93. The fourth-order valence-electron chi connectivity index (χ4n) is 1.97. The van der Waals surface area contributed by atoms with Crippen LogP contribution in [0.15, 0.2) is 24.3 Å². The Morgan fingerprint density at radius 2 is 2.12 bits per heavy atom. The maximum Gasteiger partial charge on any atom is 0.242 e. The number of carbonyl (C=O) groups excluding carboxylic acids is 2. The highest BCUT2D eigenvalue weighted by atomic mass is 16.2. The van der Waals surface area contributed by atoms with Crippen LogP contribution in [0.1, 0.15) is 16.8 Å². The van der Waals surface area contributed by atoms with E-state index < -0.39 is 0 Å². The minimum absolute atomic E-state index is 0.0253. The summed E-state index contributed by atoms with van der Waals surface area (Å²) in [7, 11) is 1.71. The van der Waals surface area contributed by atoms with Crippen LogP contribution in [0.3, 0.4) is 0 Å². The highest BCUT2D eigenvalue weighted by molar-refractivity contribution is 6.03. The molecule has 2 N–H and O–H groups in total.